The predicted molar refractivity (Wildman–Crippen MR) is 73.1 cm³/mol. The standard InChI is InChI=1S/C12H21N3O4S/c13-11(16)8-10-4-1-2-6-15(10)12(17)9-14-5-3-7-20(14,18)19/h10H,1-9H2,(H2,13,16). The number of piperidine rings is 1. The van der Waals surface area contributed by atoms with Gasteiger partial charge >= 0.3 is 0 Å². The van der Waals surface area contributed by atoms with Gasteiger partial charge in [-0.1, -0.05) is 0 Å². The molecule has 0 spiro atoms. The zero-order valence-corrected chi connectivity index (χ0v) is 12.3. The van der Waals surface area contributed by atoms with Crippen LogP contribution in [0.5, 0.6) is 0 Å². The van der Waals surface area contributed by atoms with Crippen LogP contribution in [0.25, 0.3) is 0 Å². The molecular weight excluding hydrogens is 282 g/mol. The fourth-order valence-corrected chi connectivity index (χ4v) is 4.35. The number of likely N-dealkylation sites (tertiary alicyclic amines) is 1. The van der Waals surface area contributed by atoms with Crippen molar-refractivity contribution < 1.29 is 18.0 Å². The summed E-state index contributed by atoms with van der Waals surface area (Å²) < 4.78 is 24.7. The van der Waals surface area contributed by atoms with Crippen molar-refractivity contribution in [2.75, 3.05) is 25.4 Å². The topological polar surface area (TPSA) is 101 Å². The van der Waals surface area contributed by atoms with Crippen molar-refractivity contribution in [2.24, 2.45) is 5.73 Å². The fraction of sp³-hybridized carbons (Fsp3) is 0.833. The smallest absolute Gasteiger partial charge is 0.238 e. The zero-order valence-electron chi connectivity index (χ0n) is 11.5. The largest absolute Gasteiger partial charge is 0.370 e. The molecule has 2 aliphatic heterocycles. The van der Waals surface area contributed by atoms with Gasteiger partial charge in [-0.15, -0.1) is 0 Å². The van der Waals surface area contributed by atoms with Crippen LogP contribution in [0.15, 0.2) is 0 Å². The third-order valence-electron chi connectivity index (χ3n) is 3.90. The number of carbonyl (C=O) groups is 2. The maximum Gasteiger partial charge on any atom is 0.238 e. The number of nitrogens with two attached hydrogens (primary N) is 1. The summed E-state index contributed by atoms with van der Waals surface area (Å²) >= 11 is 0. The van der Waals surface area contributed by atoms with Crippen molar-refractivity contribution >= 4 is 21.8 Å². The second kappa shape index (κ2) is 6.09. The predicted octanol–water partition coefficient (Wildman–Crippen LogP) is -0.722. The van der Waals surface area contributed by atoms with Crippen LogP contribution in [-0.2, 0) is 19.6 Å². The number of hydrogen-bond acceptors (Lipinski definition) is 4. The number of nitrogens with zero attached hydrogens (tertiary/aromatic N) is 2. The van der Waals surface area contributed by atoms with Gasteiger partial charge in [0, 0.05) is 25.6 Å². The van der Waals surface area contributed by atoms with Crippen molar-refractivity contribution in [3.63, 3.8) is 0 Å². The van der Waals surface area contributed by atoms with E-state index in [-0.39, 0.29) is 30.7 Å². The number of sulfonamides is 1. The molecule has 0 bridgehead atoms. The molecule has 2 amide bonds. The second-order valence-electron chi connectivity index (χ2n) is 5.41. The van der Waals surface area contributed by atoms with E-state index in [0.29, 0.717) is 19.5 Å². The van der Waals surface area contributed by atoms with Crippen LogP contribution in [0.1, 0.15) is 32.1 Å². The van der Waals surface area contributed by atoms with Gasteiger partial charge in [0.25, 0.3) is 0 Å². The summed E-state index contributed by atoms with van der Waals surface area (Å²) in [4.78, 5) is 25.0. The molecule has 7 nitrogen and oxygen atoms in total. The van der Waals surface area contributed by atoms with Gasteiger partial charge in [0.15, 0.2) is 0 Å². The minimum atomic E-state index is -3.27. The van der Waals surface area contributed by atoms with Gasteiger partial charge < -0.3 is 10.6 Å². The van der Waals surface area contributed by atoms with E-state index in [4.69, 9.17) is 5.73 Å². The van der Waals surface area contributed by atoms with Crippen molar-refractivity contribution in [2.45, 2.75) is 38.1 Å². The molecule has 0 aliphatic carbocycles. The molecule has 1 unspecified atom stereocenters. The lowest BCUT2D eigenvalue weighted by molar-refractivity contribution is -0.136. The average molecular weight is 303 g/mol. The summed E-state index contributed by atoms with van der Waals surface area (Å²) in [6.45, 7) is 0.866. The number of hydrogen-bond donors (Lipinski definition) is 1. The van der Waals surface area contributed by atoms with E-state index in [1.807, 2.05) is 0 Å². The highest BCUT2D eigenvalue weighted by Gasteiger charge is 2.34. The Morgan fingerprint density at radius 2 is 1.90 bits per heavy atom. The minimum Gasteiger partial charge on any atom is -0.370 e. The molecule has 8 heteroatoms. The lowest BCUT2D eigenvalue weighted by atomic mass is 9.99. The molecule has 114 valence electrons. The molecule has 0 aromatic rings. The molecule has 0 radical (unpaired) electrons. The molecule has 20 heavy (non-hydrogen) atoms. The first-order valence-electron chi connectivity index (χ1n) is 6.96. The minimum absolute atomic E-state index is 0.113. The van der Waals surface area contributed by atoms with Gasteiger partial charge in [-0.25, -0.2) is 8.42 Å². The van der Waals surface area contributed by atoms with E-state index in [1.165, 1.54) is 4.31 Å². The maximum atomic E-state index is 12.3. The van der Waals surface area contributed by atoms with Crippen LogP contribution in [0.3, 0.4) is 0 Å². The first kappa shape index (κ1) is 15.2. The van der Waals surface area contributed by atoms with E-state index in [1.54, 1.807) is 4.90 Å². The highest BCUT2D eigenvalue weighted by Crippen LogP contribution is 2.21. The van der Waals surface area contributed by atoms with E-state index < -0.39 is 15.9 Å². The van der Waals surface area contributed by atoms with E-state index in [9.17, 15) is 18.0 Å². The van der Waals surface area contributed by atoms with Crippen molar-refractivity contribution in [3.05, 3.63) is 0 Å². The Labute approximate surface area is 119 Å². The van der Waals surface area contributed by atoms with Gasteiger partial charge in [-0.3, -0.25) is 9.59 Å². The number of rotatable bonds is 4. The van der Waals surface area contributed by atoms with Crippen LogP contribution in [0, 0.1) is 0 Å². The Morgan fingerprint density at radius 1 is 1.15 bits per heavy atom. The van der Waals surface area contributed by atoms with Gasteiger partial charge in [0.05, 0.1) is 12.3 Å². The Balaban J connectivity index is 2.01. The second-order valence-corrected chi connectivity index (χ2v) is 7.50. The molecule has 0 aromatic heterocycles. The normalized spacial score (nSPS) is 26.6. The van der Waals surface area contributed by atoms with Gasteiger partial charge in [0.1, 0.15) is 0 Å². The van der Waals surface area contributed by atoms with Gasteiger partial charge in [-0.05, 0) is 25.7 Å². The summed E-state index contributed by atoms with van der Waals surface area (Å²) in [5.74, 6) is -0.532. The number of carbonyl (C=O) groups excluding carboxylic acids is 2. The first-order valence-corrected chi connectivity index (χ1v) is 8.56. The molecule has 2 saturated heterocycles. The molecule has 2 rings (SSSR count). The SMILES string of the molecule is NC(=O)CC1CCCCN1C(=O)CN1CCCS1(=O)=O. The molecule has 1 atom stereocenters. The highest BCUT2D eigenvalue weighted by atomic mass is 32.2. The average Bonchev–Trinajstić information content (AvgIpc) is 2.68. The zero-order chi connectivity index (χ0) is 14.8. The third kappa shape index (κ3) is 3.49. The molecular formula is C12H21N3O4S. The van der Waals surface area contributed by atoms with Crippen LogP contribution < -0.4 is 5.73 Å². The first-order chi connectivity index (χ1) is 9.40. The third-order valence-corrected chi connectivity index (χ3v) is 5.80. The summed E-state index contributed by atoms with van der Waals surface area (Å²) in [5, 5.41) is 0. The molecule has 0 saturated carbocycles. The molecule has 2 N–H and O–H groups in total. The number of amides is 2. The van der Waals surface area contributed by atoms with E-state index in [0.717, 1.165) is 19.3 Å². The van der Waals surface area contributed by atoms with Crippen LogP contribution >= 0.6 is 0 Å². The Bertz CT molecular complexity index is 491. The Hall–Kier alpha value is -1.15. The fourth-order valence-electron chi connectivity index (χ4n) is 2.88. The van der Waals surface area contributed by atoms with Crippen LogP contribution in [-0.4, -0.2) is 60.9 Å². The van der Waals surface area contributed by atoms with E-state index in [2.05, 4.69) is 0 Å². The summed E-state index contributed by atoms with van der Waals surface area (Å²) in [5.41, 5.74) is 5.21. The Morgan fingerprint density at radius 3 is 2.50 bits per heavy atom. The van der Waals surface area contributed by atoms with Crippen molar-refractivity contribution in [1.29, 1.82) is 0 Å². The summed E-state index contributed by atoms with van der Waals surface area (Å²) in [6.07, 6.45) is 3.32. The molecule has 2 fully saturated rings. The van der Waals surface area contributed by atoms with Crippen molar-refractivity contribution in [1.82, 2.24) is 9.21 Å². The monoisotopic (exact) mass is 303 g/mol. The lowest BCUT2D eigenvalue weighted by Crippen LogP contribution is -2.49. The summed E-state index contributed by atoms with van der Waals surface area (Å²) in [6, 6.07) is -0.181. The van der Waals surface area contributed by atoms with E-state index >= 15 is 0 Å². The molecule has 0 aromatic carbocycles. The maximum absolute atomic E-state index is 12.3. The highest BCUT2D eigenvalue weighted by molar-refractivity contribution is 7.89. The van der Waals surface area contributed by atoms with Gasteiger partial charge in [-0.2, -0.15) is 4.31 Å². The summed E-state index contributed by atoms with van der Waals surface area (Å²) in [7, 11) is -3.27. The molecule has 2 heterocycles. The van der Waals surface area contributed by atoms with Crippen LogP contribution in [0.2, 0.25) is 0 Å². The number of primary amides is 1. The van der Waals surface area contributed by atoms with Crippen LogP contribution in [0.4, 0.5) is 0 Å². The Kier molecular flexibility index (Phi) is 4.64. The lowest BCUT2D eigenvalue weighted by Gasteiger charge is -2.36. The quantitative estimate of drug-likeness (QED) is 0.740. The van der Waals surface area contributed by atoms with Gasteiger partial charge in [0.2, 0.25) is 21.8 Å². The van der Waals surface area contributed by atoms with Crippen molar-refractivity contribution in [3.8, 4) is 0 Å². The molecule has 2 aliphatic rings.